The topological polar surface area (TPSA) is 74.7 Å². The van der Waals surface area contributed by atoms with Gasteiger partial charge < -0.3 is 10.0 Å². The molecule has 2 fully saturated rings. The molecule has 0 spiro atoms. The van der Waals surface area contributed by atoms with Crippen LogP contribution in [0.25, 0.3) is 0 Å². The molecular formula is C9H12ClNO4S. The average Bonchev–Trinajstić information content (AvgIpc) is 2.47. The highest BCUT2D eigenvalue weighted by molar-refractivity contribution is 7.88. The van der Waals surface area contributed by atoms with Crippen LogP contribution in [-0.4, -0.2) is 48.1 Å². The van der Waals surface area contributed by atoms with Gasteiger partial charge >= 0.3 is 5.97 Å². The van der Waals surface area contributed by atoms with Gasteiger partial charge in [-0.15, -0.1) is 11.6 Å². The van der Waals surface area contributed by atoms with Gasteiger partial charge in [-0.2, -0.15) is 0 Å². The average molecular weight is 266 g/mol. The lowest BCUT2D eigenvalue weighted by molar-refractivity contribution is -0.156. The number of carboxylic acids is 1. The van der Waals surface area contributed by atoms with Crippen molar-refractivity contribution in [3.05, 3.63) is 0 Å². The van der Waals surface area contributed by atoms with Gasteiger partial charge in [-0.25, -0.2) is 4.79 Å². The van der Waals surface area contributed by atoms with Crippen LogP contribution in [0.4, 0.5) is 0 Å². The molecule has 1 N–H and O–H groups in total. The lowest BCUT2D eigenvalue weighted by atomic mass is 10.0. The van der Waals surface area contributed by atoms with Gasteiger partial charge in [0.1, 0.15) is 0 Å². The lowest BCUT2D eigenvalue weighted by Gasteiger charge is -2.37. The van der Waals surface area contributed by atoms with Crippen LogP contribution in [0.2, 0.25) is 0 Å². The molecule has 2 aliphatic heterocycles. The molecule has 90 valence electrons. The van der Waals surface area contributed by atoms with Gasteiger partial charge in [-0.1, -0.05) is 6.92 Å². The van der Waals surface area contributed by atoms with E-state index in [1.165, 1.54) is 4.90 Å². The maximum absolute atomic E-state index is 11.9. The number of carboxylic acid groups (broad SMARTS) is 1. The molecule has 2 aliphatic rings. The third kappa shape index (κ3) is 1.39. The van der Waals surface area contributed by atoms with E-state index in [4.69, 9.17) is 16.7 Å². The van der Waals surface area contributed by atoms with Crippen molar-refractivity contribution < 1.29 is 18.9 Å². The summed E-state index contributed by atoms with van der Waals surface area (Å²) in [7, 11) is -1.44. The van der Waals surface area contributed by atoms with Crippen molar-refractivity contribution in [3.8, 4) is 0 Å². The Bertz CT molecular complexity index is 388. The molecular weight excluding hydrogens is 254 g/mol. The number of alkyl halides is 1. The van der Waals surface area contributed by atoms with E-state index in [9.17, 15) is 13.8 Å². The van der Waals surface area contributed by atoms with E-state index in [1.54, 1.807) is 6.92 Å². The standard InChI is InChI=1S/C9H12ClNO4S/c1-2-16(15)9(10)4-5-3-6(12)11(5)7(9)8(13)14/h5,7H,2-4H2,1H3,(H,13,14)/t5?,7-,9?,16?/m0/s1. The lowest BCUT2D eigenvalue weighted by Crippen LogP contribution is -2.57. The third-order valence-corrected chi connectivity index (χ3v) is 5.72. The number of hydrogen-bond donors (Lipinski definition) is 1. The highest BCUT2D eigenvalue weighted by Crippen LogP contribution is 2.47. The molecule has 0 aromatic carbocycles. The summed E-state index contributed by atoms with van der Waals surface area (Å²) < 4.78 is 10.5. The molecule has 2 rings (SSSR count). The molecule has 7 heteroatoms. The minimum Gasteiger partial charge on any atom is -0.480 e. The second kappa shape index (κ2) is 3.70. The largest absolute Gasteiger partial charge is 0.480 e. The Labute approximate surface area is 100 Å². The summed E-state index contributed by atoms with van der Waals surface area (Å²) in [4.78, 5) is 23.8. The molecule has 4 atom stereocenters. The van der Waals surface area contributed by atoms with Gasteiger partial charge in [0.25, 0.3) is 0 Å². The summed E-state index contributed by atoms with van der Waals surface area (Å²) in [6.45, 7) is 1.69. The Hall–Kier alpha value is -0.620. The van der Waals surface area contributed by atoms with Crippen LogP contribution >= 0.6 is 11.6 Å². The van der Waals surface area contributed by atoms with Crippen LogP contribution in [0, 0.1) is 0 Å². The molecule has 0 radical (unpaired) electrons. The van der Waals surface area contributed by atoms with Gasteiger partial charge in [-0.3, -0.25) is 9.00 Å². The maximum atomic E-state index is 11.9. The van der Waals surface area contributed by atoms with Crippen molar-refractivity contribution in [2.24, 2.45) is 0 Å². The van der Waals surface area contributed by atoms with Crippen LogP contribution in [0.3, 0.4) is 0 Å². The Morgan fingerprint density at radius 1 is 1.75 bits per heavy atom. The minimum absolute atomic E-state index is 0.151. The second-order valence-corrected chi connectivity index (χ2v) is 6.92. The van der Waals surface area contributed by atoms with Crippen molar-refractivity contribution in [1.29, 1.82) is 0 Å². The summed E-state index contributed by atoms with van der Waals surface area (Å²) in [5, 5.41) is 9.12. The fraction of sp³-hybridized carbons (Fsp3) is 0.778. The zero-order chi connectivity index (χ0) is 12.1. The zero-order valence-corrected chi connectivity index (χ0v) is 10.3. The van der Waals surface area contributed by atoms with E-state index in [1.807, 2.05) is 0 Å². The van der Waals surface area contributed by atoms with E-state index in [0.717, 1.165) is 0 Å². The van der Waals surface area contributed by atoms with E-state index >= 15 is 0 Å². The molecule has 16 heavy (non-hydrogen) atoms. The maximum Gasteiger partial charge on any atom is 0.329 e. The van der Waals surface area contributed by atoms with E-state index in [0.29, 0.717) is 18.6 Å². The molecule has 3 unspecified atom stereocenters. The van der Waals surface area contributed by atoms with Crippen LogP contribution in [-0.2, 0) is 20.4 Å². The van der Waals surface area contributed by atoms with Crippen molar-refractivity contribution >= 4 is 34.3 Å². The Kier molecular flexibility index (Phi) is 2.74. The number of rotatable bonds is 3. The van der Waals surface area contributed by atoms with Gasteiger partial charge in [0.2, 0.25) is 5.91 Å². The summed E-state index contributed by atoms with van der Waals surface area (Å²) in [6.07, 6.45) is 0.622. The van der Waals surface area contributed by atoms with Crippen molar-refractivity contribution in [1.82, 2.24) is 4.90 Å². The molecule has 1 amide bonds. The number of nitrogens with zero attached hydrogens (tertiary/aromatic N) is 1. The number of amides is 1. The van der Waals surface area contributed by atoms with Crippen LogP contribution < -0.4 is 0 Å². The fourth-order valence-corrected chi connectivity index (χ4v) is 4.45. The molecule has 0 bridgehead atoms. The highest BCUT2D eigenvalue weighted by Gasteiger charge is 2.63. The number of halogens is 1. The Morgan fingerprint density at radius 2 is 2.38 bits per heavy atom. The Morgan fingerprint density at radius 3 is 2.81 bits per heavy atom. The number of carbonyl (C=O) groups excluding carboxylic acids is 1. The number of hydrogen-bond acceptors (Lipinski definition) is 3. The summed E-state index contributed by atoms with van der Waals surface area (Å²) in [5.41, 5.74) is 0. The van der Waals surface area contributed by atoms with Crippen LogP contribution in [0.1, 0.15) is 19.8 Å². The predicted octanol–water partition coefficient (Wildman–Crippen LogP) is 0.148. The molecule has 0 saturated carbocycles. The highest BCUT2D eigenvalue weighted by atomic mass is 35.5. The van der Waals surface area contributed by atoms with E-state index in [2.05, 4.69) is 0 Å². The molecule has 5 nitrogen and oxygen atoms in total. The van der Waals surface area contributed by atoms with Crippen LogP contribution in [0.5, 0.6) is 0 Å². The summed E-state index contributed by atoms with van der Waals surface area (Å²) in [6, 6.07) is -1.30. The smallest absolute Gasteiger partial charge is 0.329 e. The first-order valence-electron chi connectivity index (χ1n) is 5.03. The number of aliphatic carboxylic acids is 1. The van der Waals surface area contributed by atoms with Gasteiger partial charge in [0.15, 0.2) is 10.2 Å². The van der Waals surface area contributed by atoms with Crippen molar-refractivity contribution in [2.75, 3.05) is 5.75 Å². The fourth-order valence-electron chi connectivity index (χ4n) is 2.42. The molecule has 0 aliphatic carbocycles. The third-order valence-electron chi connectivity index (χ3n) is 3.17. The van der Waals surface area contributed by atoms with E-state index < -0.39 is 27.0 Å². The molecule has 2 heterocycles. The number of carbonyl (C=O) groups is 2. The SMILES string of the molecule is CCS(=O)C1(Cl)CC2CC(=O)N2[C@H]1C(=O)O. The monoisotopic (exact) mass is 265 g/mol. The first kappa shape index (κ1) is 11.9. The van der Waals surface area contributed by atoms with E-state index in [-0.39, 0.29) is 11.9 Å². The van der Waals surface area contributed by atoms with Crippen LogP contribution in [0.15, 0.2) is 0 Å². The van der Waals surface area contributed by atoms with Crippen molar-refractivity contribution in [2.45, 2.75) is 36.1 Å². The molecule has 0 aromatic rings. The number of β-lactam (4-membered cyclic amide) rings is 1. The first-order chi connectivity index (χ1) is 7.41. The first-order valence-corrected chi connectivity index (χ1v) is 6.73. The normalized spacial score (nSPS) is 39.1. The van der Waals surface area contributed by atoms with Gasteiger partial charge in [-0.05, 0) is 0 Å². The van der Waals surface area contributed by atoms with Crippen molar-refractivity contribution in [3.63, 3.8) is 0 Å². The quantitative estimate of drug-likeness (QED) is 0.582. The summed E-state index contributed by atoms with van der Waals surface area (Å²) in [5.74, 6) is -1.09. The zero-order valence-electron chi connectivity index (χ0n) is 8.68. The Balaban J connectivity index is 2.36. The molecule has 2 saturated heterocycles. The second-order valence-electron chi connectivity index (χ2n) is 4.02. The predicted molar refractivity (Wildman–Crippen MR) is 58.6 cm³/mol. The minimum atomic E-state index is -1.44. The van der Waals surface area contributed by atoms with Gasteiger partial charge in [0.05, 0.1) is 0 Å². The number of fused-ring (bicyclic) bond motifs is 1. The summed E-state index contributed by atoms with van der Waals surface area (Å²) >= 11 is 6.20. The van der Waals surface area contributed by atoms with Gasteiger partial charge in [0, 0.05) is 35.4 Å². The molecule has 0 aromatic heterocycles.